The molecule has 1 aliphatic heterocycles. The number of rotatable bonds is 3. The van der Waals surface area contributed by atoms with E-state index in [1.165, 1.54) is 19.1 Å². The van der Waals surface area contributed by atoms with E-state index in [-0.39, 0.29) is 10.6 Å². The molecular formula is C17H21ClN2O6. The fraction of sp³-hybridized carbons (Fsp3) is 0.471. The van der Waals surface area contributed by atoms with Gasteiger partial charge in [0, 0.05) is 5.54 Å². The molecule has 0 aliphatic carbocycles. The summed E-state index contributed by atoms with van der Waals surface area (Å²) >= 11 is 6.08. The van der Waals surface area contributed by atoms with Gasteiger partial charge in [-0.1, -0.05) is 11.6 Å². The summed E-state index contributed by atoms with van der Waals surface area (Å²) in [6.45, 7) is 7.37. The minimum atomic E-state index is -1.18. The third kappa shape index (κ3) is 5.26. The predicted octanol–water partition coefficient (Wildman–Crippen LogP) is 2.28. The molecule has 1 atom stereocenters. The van der Waals surface area contributed by atoms with Gasteiger partial charge in [-0.25, -0.2) is 9.59 Å². The molecule has 0 aromatic heterocycles. The Balaban J connectivity index is 1.99. The smallest absolute Gasteiger partial charge is 0.339 e. The summed E-state index contributed by atoms with van der Waals surface area (Å²) in [5, 5.41) is 4.89. The summed E-state index contributed by atoms with van der Waals surface area (Å²) in [5.74, 6) is -0.831. The van der Waals surface area contributed by atoms with E-state index in [0.29, 0.717) is 24.7 Å². The largest absolute Gasteiger partial charge is 0.486 e. The van der Waals surface area contributed by atoms with E-state index >= 15 is 0 Å². The van der Waals surface area contributed by atoms with Gasteiger partial charge in [0.2, 0.25) is 0 Å². The molecule has 0 radical (unpaired) electrons. The molecule has 3 amide bonds. The van der Waals surface area contributed by atoms with Crippen molar-refractivity contribution in [1.29, 1.82) is 0 Å². The number of amides is 3. The molecule has 2 rings (SSSR count). The van der Waals surface area contributed by atoms with Gasteiger partial charge in [-0.05, 0) is 39.8 Å². The molecule has 0 unspecified atom stereocenters. The second kappa shape index (κ2) is 7.82. The van der Waals surface area contributed by atoms with Gasteiger partial charge in [0.15, 0.2) is 17.6 Å². The van der Waals surface area contributed by atoms with Crippen LogP contribution < -0.4 is 20.1 Å². The molecule has 0 fully saturated rings. The molecule has 2 N–H and O–H groups in total. The summed E-state index contributed by atoms with van der Waals surface area (Å²) in [4.78, 5) is 35.9. The number of ether oxygens (including phenoxy) is 3. The number of carbonyl (C=O) groups is 3. The fourth-order valence-corrected chi connectivity index (χ4v) is 2.36. The van der Waals surface area contributed by atoms with Crippen molar-refractivity contribution >= 4 is 29.5 Å². The Labute approximate surface area is 156 Å². The highest BCUT2D eigenvalue weighted by Crippen LogP contribution is 2.38. The highest BCUT2D eigenvalue weighted by Gasteiger charge is 2.25. The van der Waals surface area contributed by atoms with Crippen molar-refractivity contribution in [2.24, 2.45) is 0 Å². The Hall–Kier alpha value is -2.48. The number of nitrogens with one attached hydrogen (secondary N) is 2. The van der Waals surface area contributed by atoms with Crippen LogP contribution in [-0.4, -0.2) is 42.8 Å². The molecule has 142 valence electrons. The maximum absolute atomic E-state index is 12.3. The van der Waals surface area contributed by atoms with Crippen LogP contribution in [0.2, 0.25) is 5.02 Å². The average molecular weight is 385 g/mol. The first-order valence-electron chi connectivity index (χ1n) is 8.00. The van der Waals surface area contributed by atoms with Crippen LogP contribution >= 0.6 is 11.6 Å². The number of imide groups is 1. The number of hydrogen-bond acceptors (Lipinski definition) is 6. The standard InChI is InChI=1S/C17H21ClN2O6/c1-9(14(21)19-16(23)20-17(2,3)4)26-15(22)10-7-11(18)13-12(8-10)24-5-6-25-13/h7-9H,5-6H2,1-4H3,(H2,19,20,21,23)/t9-/m1/s1. The van der Waals surface area contributed by atoms with Crippen LogP contribution in [0.3, 0.4) is 0 Å². The lowest BCUT2D eigenvalue weighted by atomic mass is 10.1. The summed E-state index contributed by atoms with van der Waals surface area (Å²) < 4.78 is 15.9. The zero-order chi connectivity index (χ0) is 19.5. The van der Waals surface area contributed by atoms with E-state index in [4.69, 9.17) is 25.8 Å². The van der Waals surface area contributed by atoms with E-state index in [9.17, 15) is 14.4 Å². The van der Waals surface area contributed by atoms with Gasteiger partial charge < -0.3 is 19.5 Å². The van der Waals surface area contributed by atoms with Crippen LogP contribution in [0.4, 0.5) is 4.79 Å². The highest BCUT2D eigenvalue weighted by molar-refractivity contribution is 6.32. The number of urea groups is 1. The van der Waals surface area contributed by atoms with Gasteiger partial charge in [-0.2, -0.15) is 0 Å². The Morgan fingerprint density at radius 2 is 1.85 bits per heavy atom. The number of benzene rings is 1. The van der Waals surface area contributed by atoms with Crippen molar-refractivity contribution in [1.82, 2.24) is 10.6 Å². The molecule has 0 saturated heterocycles. The lowest BCUT2D eigenvalue weighted by Gasteiger charge is -2.21. The van der Waals surface area contributed by atoms with Crippen molar-refractivity contribution in [3.05, 3.63) is 22.7 Å². The van der Waals surface area contributed by atoms with Crippen LogP contribution in [0.1, 0.15) is 38.1 Å². The first-order chi connectivity index (χ1) is 12.1. The van der Waals surface area contributed by atoms with Crippen molar-refractivity contribution < 1.29 is 28.6 Å². The summed E-state index contributed by atoms with van der Waals surface area (Å²) in [6.07, 6.45) is -1.18. The van der Waals surface area contributed by atoms with Gasteiger partial charge >= 0.3 is 12.0 Å². The van der Waals surface area contributed by atoms with Crippen molar-refractivity contribution in [3.8, 4) is 11.5 Å². The number of fused-ring (bicyclic) bond motifs is 1. The zero-order valence-corrected chi connectivity index (χ0v) is 15.7. The van der Waals surface area contributed by atoms with Gasteiger partial charge in [-0.3, -0.25) is 10.1 Å². The van der Waals surface area contributed by atoms with Gasteiger partial charge in [-0.15, -0.1) is 0 Å². The van der Waals surface area contributed by atoms with Crippen LogP contribution in [-0.2, 0) is 9.53 Å². The van der Waals surface area contributed by atoms with Crippen molar-refractivity contribution in [2.45, 2.75) is 39.3 Å². The minimum Gasteiger partial charge on any atom is -0.486 e. The Bertz CT molecular complexity index is 729. The maximum Gasteiger partial charge on any atom is 0.339 e. The highest BCUT2D eigenvalue weighted by atomic mass is 35.5. The topological polar surface area (TPSA) is 103 Å². The number of hydrogen-bond donors (Lipinski definition) is 2. The number of esters is 1. The number of halogens is 1. The Morgan fingerprint density at radius 3 is 2.50 bits per heavy atom. The lowest BCUT2D eigenvalue weighted by Crippen LogP contribution is -2.50. The van der Waals surface area contributed by atoms with Crippen LogP contribution in [0.25, 0.3) is 0 Å². The van der Waals surface area contributed by atoms with Crippen LogP contribution in [0.5, 0.6) is 11.5 Å². The van der Waals surface area contributed by atoms with Gasteiger partial charge in [0.05, 0.1) is 10.6 Å². The monoisotopic (exact) mass is 384 g/mol. The zero-order valence-electron chi connectivity index (χ0n) is 15.0. The minimum absolute atomic E-state index is 0.109. The Morgan fingerprint density at radius 1 is 1.19 bits per heavy atom. The molecule has 1 heterocycles. The molecule has 8 nitrogen and oxygen atoms in total. The first kappa shape index (κ1) is 19.8. The second-order valence-electron chi connectivity index (χ2n) is 6.72. The summed E-state index contributed by atoms with van der Waals surface area (Å²) in [6, 6.07) is 2.13. The van der Waals surface area contributed by atoms with Crippen molar-refractivity contribution in [3.63, 3.8) is 0 Å². The van der Waals surface area contributed by atoms with E-state index in [1.54, 1.807) is 20.8 Å². The molecule has 0 bridgehead atoms. The SMILES string of the molecule is C[C@@H](OC(=O)c1cc(Cl)c2c(c1)OCCO2)C(=O)NC(=O)NC(C)(C)C. The molecule has 1 aliphatic rings. The van der Waals surface area contributed by atoms with E-state index < -0.39 is 29.6 Å². The molecule has 0 spiro atoms. The normalized spacial score (nSPS) is 14.2. The molecule has 1 aromatic rings. The maximum atomic E-state index is 12.3. The van der Waals surface area contributed by atoms with Gasteiger partial charge in [0.1, 0.15) is 13.2 Å². The lowest BCUT2D eigenvalue weighted by molar-refractivity contribution is -0.127. The molecule has 9 heteroatoms. The summed E-state index contributed by atoms with van der Waals surface area (Å²) in [5.41, 5.74) is -0.398. The molecule has 1 aromatic carbocycles. The second-order valence-corrected chi connectivity index (χ2v) is 7.13. The number of carbonyl (C=O) groups excluding carboxylic acids is 3. The predicted molar refractivity (Wildman–Crippen MR) is 93.7 cm³/mol. The van der Waals surface area contributed by atoms with E-state index in [2.05, 4.69) is 10.6 Å². The van der Waals surface area contributed by atoms with E-state index in [0.717, 1.165) is 0 Å². The van der Waals surface area contributed by atoms with E-state index in [1.807, 2.05) is 0 Å². The fourth-order valence-electron chi connectivity index (χ4n) is 2.10. The molecule has 26 heavy (non-hydrogen) atoms. The first-order valence-corrected chi connectivity index (χ1v) is 8.38. The average Bonchev–Trinajstić information content (AvgIpc) is 2.52. The third-order valence-electron chi connectivity index (χ3n) is 3.21. The van der Waals surface area contributed by atoms with Crippen LogP contribution in [0.15, 0.2) is 12.1 Å². The molecular weight excluding hydrogens is 364 g/mol. The third-order valence-corrected chi connectivity index (χ3v) is 3.49. The quantitative estimate of drug-likeness (QED) is 0.775. The van der Waals surface area contributed by atoms with Crippen molar-refractivity contribution in [2.75, 3.05) is 13.2 Å². The molecule has 0 saturated carbocycles. The van der Waals surface area contributed by atoms with Gasteiger partial charge in [0.25, 0.3) is 5.91 Å². The summed E-state index contributed by atoms with van der Waals surface area (Å²) in [7, 11) is 0. The Kier molecular flexibility index (Phi) is 5.97. The van der Waals surface area contributed by atoms with Crippen LogP contribution in [0, 0.1) is 0 Å².